The smallest absolute Gasteiger partial charge is 0.337 e. The Hall–Kier alpha value is -3.32. The van der Waals surface area contributed by atoms with Crippen molar-refractivity contribution in [1.82, 2.24) is 4.57 Å². The largest absolute Gasteiger partial charge is 0.465 e. The van der Waals surface area contributed by atoms with Gasteiger partial charge in [0.2, 0.25) is 0 Å². The number of hydrogen-bond donors (Lipinski definition) is 0. The van der Waals surface area contributed by atoms with Crippen LogP contribution in [0.4, 0.5) is 0 Å². The number of rotatable bonds is 5. The van der Waals surface area contributed by atoms with E-state index >= 15 is 0 Å². The van der Waals surface area contributed by atoms with Gasteiger partial charge in [0, 0.05) is 23.1 Å². The number of ether oxygens (including phenoxy) is 1. The van der Waals surface area contributed by atoms with E-state index in [1.807, 2.05) is 43.5 Å². The van der Waals surface area contributed by atoms with Gasteiger partial charge in [0.1, 0.15) is 6.07 Å². The van der Waals surface area contributed by atoms with Crippen LogP contribution in [0.2, 0.25) is 0 Å². The van der Waals surface area contributed by atoms with Crippen LogP contribution in [-0.4, -0.2) is 17.6 Å². The first kappa shape index (κ1) is 20.7. The monoisotopic (exact) mass is 348 g/mol. The lowest BCUT2D eigenvalue weighted by molar-refractivity contribution is 0.0601. The second-order valence-corrected chi connectivity index (χ2v) is 5.09. The minimum absolute atomic E-state index is 0.382. The molecule has 0 saturated carbocycles. The molecule has 0 amide bonds. The van der Waals surface area contributed by atoms with Crippen molar-refractivity contribution < 1.29 is 9.53 Å². The fourth-order valence-corrected chi connectivity index (χ4v) is 2.58. The Morgan fingerprint density at radius 3 is 2.31 bits per heavy atom. The highest BCUT2D eigenvalue weighted by atomic mass is 16.5. The third kappa shape index (κ3) is 4.20. The van der Waals surface area contributed by atoms with Crippen LogP contribution in [0.1, 0.15) is 41.0 Å². The molecule has 0 atom stereocenters. The van der Waals surface area contributed by atoms with Gasteiger partial charge in [0.25, 0.3) is 0 Å². The van der Waals surface area contributed by atoms with E-state index in [4.69, 9.17) is 4.74 Å². The van der Waals surface area contributed by atoms with Crippen LogP contribution >= 0.6 is 0 Å². The first-order valence-electron chi connectivity index (χ1n) is 8.33. The van der Waals surface area contributed by atoms with E-state index in [0.717, 1.165) is 22.5 Å². The molecule has 0 aliphatic rings. The summed E-state index contributed by atoms with van der Waals surface area (Å²) in [7, 11) is 1.35. The van der Waals surface area contributed by atoms with E-state index in [1.54, 1.807) is 30.5 Å². The summed E-state index contributed by atoms with van der Waals surface area (Å²) in [5.41, 5.74) is 4.45. The minimum atomic E-state index is -0.382. The lowest BCUT2D eigenvalue weighted by atomic mass is 10.0. The van der Waals surface area contributed by atoms with Gasteiger partial charge in [-0.1, -0.05) is 45.2 Å². The van der Waals surface area contributed by atoms with Crippen molar-refractivity contribution in [1.29, 1.82) is 5.26 Å². The third-order valence-electron chi connectivity index (χ3n) is 3.74. The summed E-state index contributed by atoms with van der Waals surface area (Å²) in [5.74, 6) is -0.382. The lowest BCUT2D eigenvalue weighted by Crippen LogP contribution is -2.02. The number of hydrogen-bond acceptors (Lipinski definition) is 3. The summed E-state index contributed by atoms with van der Waals surface area (Å²) in [6.07, 6.45) is 6.97. The predicted molar refractivity (Wildman–Crippen MR) is 106 cm³/mol. The zero-order chi connectivity index (χ0) is 19.7. The number of carbonyl (C=O) groups excluding carboxylic acids is 1. The molecule has 1 aromatic carbocycles. The molecule has 0 N–H and O–H groups in total. The third-order valence-corrected chi connectivity index (χ3v) is 3.74. The van der Waals surface area contributed by atoms with Crippen molar-refractivity contribution in [3.63, 3.8) is 0 Å². The Labute approximate surface area is 155 Å². The van der Waals surface area contributed by atoms with Gasteiger partial charge in [0.05, 0.1) is 18.2 Å². The van der Waals surface area contributed by atoms with Crippen molar-refractivity contribution in [2.75, 3.05) is 7.11 Å². The van der Waals surface area contributed by atoms with E-state index < -0.39 is 0 Å². The molecule has 2 aromatic rings. The fourth-order valence-electron chi connectivity index (χ4n) is 2.58. The normalized spacial score (nSPS) is 10.2. The maximum atomic E-state index is 11.5. The van der Waals surface area contributed by atoms with E-state index in [2.05, 4.69) is 19.2 Å². The molecule has 4 nitrogen and oxygen atoms in total. The highest BCUT2D eigenvalue weighted by Crippen LogP contribution is 2.28. The number of methoxy groups -OCH3 is 1. The molecule has 0 aliphatic heterocycles. The molecular formula is C22H24N2O2. The van der Waals surface area contributed by atoms with Crippen molar-refractivity contribution in [2.45, 2.75) is 20.8 Å². The first-order chi connectivity index (χ1) is 12.6. The molecule has 1 aromatic heterocycles. The van der Waals surface area contributed by atoms with Crippen LogP contribution in [0, 0.1) is 18.3 Å². The van der Waals surface area contributed by atoms with Gasteiger partial charge >= 0.3 is 5.97 Å². The molecular weight excluding hydrogens is 324 g/mol. The zero-order valence-electron chi connectivity index (χ0n) is 15.7. The van der Waals surface area contributed by atoms with Gasteiger partial charge in [-0.2, -0.15) is 5.26 Å². The fraction of sp³-hybridized carbons (Fsp3) is 0.182. The van der Waals surface area contributed by atoms with Gasteiger partial charge in [-0.05, 0) is 36.8 Å². The highest BCUT2D eigenvalue weighted by Gasteiger charge is 2.16. The summed E-state index contributed by atoms with van der Waals surface area (Å²) in [4.78, 5) is 11.5. The number of aromatic nitrogens is 1. The molecule has 0 spiro atoms. The molecule has 0 saturated heterocycles. The Morgan fingerprint density at radius 1 is 1.23 bits per heavy atom. The maximum absolute atomic E-state index is 11.5. The summed E-state index contributed by atoms with van der Waals surface area (Å²) < 4.78 is 6.61. The van der Waals surface area contributed by atoms with Gasteiger partial charge in [-0.15, -0.1) is 0 Å². The first-order valence-corrected chi connectivity index (χ1v) is 8.33. The molecule has 1 heterocycles. The van der Waals surface area contributed by atoms with Crippen LogP contribution < -0.4 is 0 Å². The minimum Gasteiger partial charge on any atom is -0.465 e. The summed E-state index contributed by atoms with van der Waals surface area (Å²) >= 11 is 0. The second-order valence-electron chi connectivity index (χ2n) is 5.09. The standard InChI is InChI=1S/C20H18N2O2.C2H6/c1-5-7-15(6-2)19-14(3)22(13-17(19)12-21)18-10-8-16(9-11-18)20(23)24-4;1-2/h5-11,13H,1-2H2,3-4H3;1-2H3/b15-7+;. The molecule has 0 bridgehead atoms. The number of nitrogens with zero attached hydrogens (tertiary/aromatic N) is 2. The van der Waals surface area contributed by atoms with Crippen molar-refractivity contribution in [2.24, 2.45) is 0 Å². The molecule has 0 radical (unpaired) electrons. The predicted octanol–water partition coefficient (Wildman–Crippen LogP) is 5.23. The number of carbonyl (C=O) groups is 1. The average molecular weight is 348 g/mol. The number of allylic oxidation sites excluding steroid dienone is 4. The Bertz CT molecular complexity index is 863. The highest BCUT2D eigenvalue weighted by molar-refractivity contribution is 5.89. The van der Waals surface area contributed by atoms with Crippen LogP contribution in [0.5, 0.6) is 0 Å². The summed E-state index contributed by atoms with van der Waals surface area (Å²) in [6.45, 7) is 13.4. The Balaban J connectivity index is 0.00000163. The van der Waals surface area contributed by atoms with Crippen LogP contribution in [0.25, 0.3) is 11.3 Å². The number of nitriles is 1. The van der Waals surface area contributed by atoms with Crippen molar-refractivity contribution in [3.05, 3.63) is 84.2 Å². The second kappa shape index (κ2) is 9.85. The maximum Gasteiger partial charge on any atom is 0.337 e. The molecule has 4 heteroatoms. The van der Waals surface area contributed by atoms with Gasteiger partial charge < -0.3 is 9.30 Å². The van der Waals surface area contributed by atoms with Crippen LogP contribution in [0.3, 0.4) is 0 Å². The molecule has 26 heavy (non-hydrogen) atoms. The molecule has 2 rings (SSSR count). The zero-order valence-corrected chi connectivity index (χ0v) is 15.7. The number of benzene rings is 1. The van der Waals surface area contributed by atoms with E-state index in [0.29, 0.717) is 11.1 Å². The van der Waals surface area contributed by atoms with Crippen molar-refractivity contribution in [3.8, 4) is 11.8 Å². The van der Waals surface area contributed by atoms with E-state index in [9.17, 15) is 10.1 Å². The molecule has 134 valence electrons. The Morgan fingerprint density at radius 2 is 1.85 bits per heavy atom. The molecule has 0 unspecified atom stereocenters. The van der Waals surface area contributed by atoms with Gasteiger partial charge in [-0.3, -0.25) is 0 Å². The molecule has 0 aliphatic carbocycles. The van der Waals surface area contributed by atoms with Gasteiger partial charge in [0.15, 0.2) is 0 Å². The van der Waals surface area contributed by atoms with E-state index in [1.165, 1.54) is 7.11 Å². The average Bonchev–Trinajstić information content (AvgIpc) is 3.03. The van der Waals surface area contributed by atoms with Crippen LogP contribution in [-0.2, 0) is 4.74 Å². The molecule has 0 fully saturated rings. The Kier molecular flexibility index (Phi) is 7.85. The summed E-state index contributed by atoms with van der Waals surface area (Å²) in [5, 5.41) is 9.45. The SMILES string of the molecule is C=C/C=C(\C=C)c1c(C#N)cn(-c2ccc(C(=O)OC)cc2)c1C.CC. The summed E-state index contributed by atoms with van der Waals surface area (Å²) in [6, 6.07) is 9.24. The topological polar surface area (TPSA) is 55.0 Å². The van der Waals surface area contributed by atoms with Crippen molar-refractivity contribution >= 4 is 11.5 Å². The van der Waals surface area contributed by atoms with Gasteiger partial charge in [-0.25, -0.2) is 4.79 Å². The lowest BCUT2D eigenvalue weighted by Gasteiger charge is -2.09. The quantitative estimate of drug-likeness (QED) is 0.549. The van der Waals surface area contributed by atoms with Crippen LogP contribution in [0.15, 0.2) is 61.8 Å². The van der Waals surface area contributed by atoms with E-state index in [-0.39, 0.29) is 5.97 Å². The number of esters is 1.